The second kappa shape index (κ2) is 6.87. The lowest BCUT2D eigenvalue weighted by molar-refractivity contribution is 0.0579. The fraction of sp³-hybridized carbons (Fsp3) is 0.538. The van der Waals surface area contributed by atoms with Crippen LogP contribution in [0.3, 0.4) is 0 Å². The zero-order valence-electron chi connectivity index (χ0n) is 11.1. The molecule has 1 rings (SSSR count). The lowest BCUT2D eigenvalue weighted by Crippen LogP contribution is -2.37. The van der Waals surface area contributed by atoms with Crippen molar-refractivity contribution in [1.29, 1.82) is 0 Å². The fourth-order valence-electron chi connectivity index (χ4n) is 1.99. The Balaban J connectivity index is 3.11. The lowest BCUT2D eigenvalue weighted by atomic mass is 10.0. The van der Waals surface area contributed by atoms with Gasteiger partial charge in [-0.2, -0.15) is 0 Å². The zero-order valence-corrected chi connectivity index (χ0v) is 11.9. The zero-order chi connectivity index (χ0) is 13.6. The predicted octanol–water partition coefficient (Wildman–Crippen LogP) is 2.09. The van der Waals surface area contributed by atoms with Gasteiger partial charge in [0.15, 0.2) is 0 Å². The third kappa shape index (κ3) is 3.54. The molecular weight excluding hydrogens is 250 g/mol. The molecule has 0 saturated heterocycles. The normalized spacial score (nSPS) is 15.3. The minimum atomic E-state index is -3.35. The van der Waals surface area contributed by atoms with E-state index in [-0.39, 0.29) is 0 Å². The first-order valence-corrected chi connectivity index (χ1v) is 7.70. The molecule has 0 aliphatic rings. The molecule has 0 spiro atoms. The summed E-state index contributed by atoms with van der Waals surface area (Å²) in [6, 6.07) is 9.47. The van der Waals surface area contributed by atoms with Gasteiger partial charge in [-0.15, -0.1) is 0 Å². The van der Waals surface area contributed by atoms with Gasteiger partial charge in [-0.25, -0.2) is 13.1 Å². The summed E-state index contributed by atoms with van der Waals surface area (Å²) in [7, 11) is -1.92. The highest BCUT2D eigenvalue weighted by molar-refractivity contribution is 7.90. The van der Waals surface area contributed by atoms with Crippen molar-refractivity contribution in [3.8, 4) is 0 Å². The Morgan fingerprint density at radius 3 is 2.28 bits per heavy atom. The van der Waals surface area contributed by atoms with Gasteiger partial charge >= 0.3 is 0 Å². The molecule has 0 bridgehead atoms. The molecule has 5 heteroatoms. The SMILES string of the molecule is CCOC(c1ccccc1)C(CC)S(=O)(=O)NC. The number of hydrogen-bond acceptors (Lipinski definition) is 3. The monoisotopic (exact) mass is 271 g/mol. The molecule has 0 amide bonds. The maximum Gasteiger partial charge on any atom is 0.217 e. The van der Waals surface area contributed by atoms with Gasteiger partial charge in [0.25, 0.3) is 0 Å². The highest BCUT2D eigenvalue weighted by atomic mass is 32.2. The van der Waals surface area contributed by atoms with Crippen LogP contribution in [0.25, 0.3) is 0 Å². The van der Waals surface area contributed by atoms with E-state index < -0.39 is 21.4 Å². The van der Waals surface area contributed by atoms with E-state index in [0.717, 1.165) is 5.56 Å². The van der Waals surface area contributed by atoms with Crippen molar-refractivity contribution in [3.05, 3.63) is 35.9 Å². The molecular formula is C13H21NO3S. The van der Waals surface area contributed by atoms with Crippen LogP contribution in [0, 0.1) is 0 Å². The molecule has 18 heavy (non-hydrogen) atoms. The maximum absolute atomic E-state index is 12.0. The molecule has 0 aliphatic carbocycles. The molecule has 102 valence electrons. The Bertz CT molecular complexity index is 445. The number of benzene rings is 1. The summed E-state index contributed by atoms with van der Waals surface area (Å²) >= 11 is 0. The number of hydrogen-bond donors (Lipinski definition) is 1. The van der Waals surface area contributed by atoms with Crippen molar-refractivity contribution in [3.63, 3.8) is 0 Å². The first-order chi connectivity index (χ1) is 8.56. The van der Waals surface area contributed by atoms with Gasteiger partial charge in [-0.05, 0) is 26.0 Å². The molecule has 0 fully saturated rings. The van der Waals surface area contributed by atoms with E-state index in [2.05, 4.69) is 4.72 Å². The van der Waals surface area contributed by atoms with Crippen LogP contribution in [0.5, 0.6) is 0 Å². The van der Waals surface area contributed by atoms with Crippen LogP contribution in [-0.2, 0) is 14.8 Å². The Hall–Kier alpha value is -0.910. The van der Waals surface area contributed by atoms with Gasteiger partial charge in [0, 0.05) is 6.61 Å². The van der Waals surface area contributed by atoms with Crippen LogP contribution in [0.4, 0.5) is 0 Å². The summed E-state index contributed by atoms with van der Waals surface area (Å²) in [5, 5.41) is -0.579. The van der Waals surface area contributed by atoms with E-state index in [0.29, 0.717) is 13.0 Å². The van der Waals surface area contributed by atoms with E-state index in [9.17, 15) is 8.42 Å². The Labute approximate surface area is 109 Å². The quantitative estimate of drug-likeness (QED) is 0.826. The second-order valence-electron chi connectivity index (χ2n) is 3.98. The van der Waals surface area contributed by atoms with Crippen molar-refractivity contribution in [2.24, 2.45) is 0 Å². The second-order valence-corrected chi connectivity index (χ2v) is 6.09. The van der Waals surface area contributed by atoms with Crippen molar-refractivity contribution in [2.45, 2.75) is 31.6 Å². The number of ether oxygens (including phenoxy) is 1. The molecule has 0 aromatic heterocycles. The topological polar surface area (TPSA) is 55.4 Å². The van der Waals surface area contributed by atoms with Crippen LogP contribution in [0.15, 0.2) is 30.3 Å². The molecule has 1 aromatic rings. The van der Waals surface area contributed by atoms with Crippen LogP contribution in [0.1, 0.15) is 31.9 Å². The van der Waals surface area contributed by atoms with E-state index in [1.165, 1.54) is 7.05 Å². The highest BCUT2D eigenvalue weighted by Gasteiger charge is 2.32. The molecule has 0 heterocycles. The van der Waals surface area contributed by atoms with Gasteiger partial charge in [0.2, 0.25) is 10.0 Å². The summed E-state index contributed by atoms with van der Waals surface area (Å²) in [6.45, 7) is 4.21. The van der Waals surface area contributed by atoms with Crippen molar-refractivity contribution in [2.75, 3.05) is 13.7 Å². The smallest absolute Gasteiger partial charge is 0.217 e. The molecule has 0 radical (unpaired) electrons. The first-order valence-electron chi connectivity index (χ1n) is 6.15. The third-order valence-corrected chi connectivity index (χ3v) is 4.84. The largest absolute Gasteiger partial charge is 0.372 e. The van der Waals surface area contributed by atoms with Crippen LogP contribution in [0.2, 0.25) is 0 Å². The number of nitrogens with one attached hydrogen (secondary N) is 1. The molecule has 0 aliphatic heterocycles. The standard InChI is InChI=1S/C13H21NO3S/c1-4-12(18(15,16)14-3)13(17-5-2)11-9-7-6-8-10-11/h6-10,12-14H,4-5H2,1-3H3. The van der Waals surface area contributed by atoms with Crippen LogP contribution >= 0.6 is 0 Å². The molecule has 2 unspecified atom stereocenters. The Morgan fingerprint density at radius 1 is 1.22 bits per heavy atom. The average molecular weight is 271 g/mol. The van der Waals surface area contributed by atoms with Gasteiger partial charge in [0.05, 0.1) is 0 Å². The minimum Gasteiger partial charge on any atom is -0.372 e. The summed E-state index contributed by atoms with van der Waals surface area (Å²) in [5.41, 5.74) is 0.894. The van der Waals surface area contributed by atoms with E-state index >= 15 is 0 Å². The summed E-state index contributed by atoms with van der Waals surface area (Å²) in [5.74, 6) is 0. The van der Waals surface area contributed by atoms with Gasteiger partial charge < -0.3 is 4.74 Å². The Kier molecular flexibility index (Phi) is 5.78. The number of rotatable bonds is 7. The maximum atomic E-state index is 12.0. The summed E-state index contributed by atoms with van der Waals surface area (Å²) in [4.78, 5) is 0. The molecule has 0 saturated carbocycles. The van der Waals surface area contributed by atoms with Gasteiger partial charge in [-0.3, -0.25) is 0 Å². The van der Waals surface area contributed by atoms with E-state index in [1.54, 1.807) is 0 Å². The van der Waals surface area contributed by atoms with E-state index in [4.69, 9.17) is 4.74 Å². The summed E-state index contributed by atoms with van der Waals surface area (Å²) in [6.07, 6.45) is 0.0709. The fourth-order valence-corrected chi connectivity index (χ4v) is 3.29. The molecule has 1 aromatic carbocycles. The van der Waals surface area contributed by atoms with Crippen molar-refractivity contribution < 1.29 is 13.2 Å². The van der Waals surface area contributed by atoms with Crippen LogP contribution < -0.4 is 4.72 Å². The third-order valence-electron chi connectivity index (χ3n) is 2.90. The van der Waals surface area contributed by atoms with Gasteiger partial charge in [0.1, 0.15) is 11.4 Å². The highest BCUT2D eigenvalue weighted by Crippen LogP contribution is 2.27. The summed E-state index contributed by atoms with van der Waals surface area (Å²) < 4.78 is 32.1. The molecule has 4 nitrogen and oxygen atoms in total. The molecule has 2 atom stereocenters. The first kappa shape index (κ1) is 15.1. The van der Waals surface area contributed by atoms with Crippen LogP contribution in [-0.4, -0.2) is 27.3 Å². The molecule has 1 N–H and O–H groups in total. The average Bonchev–Trinajstić information content (AvgIpc) is 2.39. The lowest BCUT2D eigenvalue weighted by Gasteiger charge is -2.26. The van der Waals surface area contributed by atoms with Crippen molar-refractivity contribution in [1.82, 2.24) is 4.72 Å². The van der Waals surface area contributed by atoms with Gasteiger partial charge in [-0.1, -0.05) is 37.3 Å². The number of sulfonamides is 1. The van der Waals surface area contributed by atoms with E-state index in [1.807, 2.05) is 44.2 Å². The minimum absolute atomic E-state index is 0.432. The van der Waals surface area contributed by atoms with Crippen molar-refractivity contribution >= 4 is 10.0 Å². The Morgan fingerprint density at radius 2 is 1.83 bits per heavy atom. The predicted molar refractivity (Wildman–Crippen MR) is 72.9 cm³/mol.